The fraction of sp³-hybridized carbons (Fsp3) is 0.267. The lowest BCUT2D eigenvalue weighted by molar-refractivity contribution is 0.221. The topological polar surface area (TPSA) is 74.7 Å². The van der Waals surface area contributed by atoms with E-state index >= 15 is 0 Å². The lowest BCUT2D eigenvalue weighted by Gasteiger charge is -2.09. The fourth-order valence-corrected chi connectivity index (χ4v) is 2.02. The normalized spacial score (nSPS) is 11.1. The molecular weight excluding hydrogens is 306 g/mol. The molecule has 0 saturated carbocycles. The van der Waals surface area contributed by atoms with Crippen molar-refractivity contribution >= 4 is 10.1 Å². The van der Waals surface area contributed by atoms with Gasteiger partial charge in [-0.1, -0.05) is 12.1 Å². The van der Waals surface area contributed by atoms with E-state index < -0.39 is 10.1 Å². The molecule has 2 rings (SSSR count). The van der Waals surface area contributed by atoms with Crippen molar-refractivity contribution in [3.05, 3.63) is 54.4 Å². The van der Waals surface area contributed by atoms with Gasteiger partial charge < -0.3 is 9.47 Å². The molecule has 7 heteroatoms. The maximum Gasteiger partial charge on any atom is 0.264 e. The highest BCUT2D eigenvalue weighted by Gasteiger charge is 2.02. The number of ether oxygens (including phenoxy) is 2. The second-order valence-electron chi connectivity index (χ2n) is 4.50. The molecule has 22 heavy (non-hydrogen) atoms. The molecule has 1 aromatic carbocycles. The molecular formula is C15H17NO5S. The number of aromatic nitrogens is 1. The minimum absolute atomic E-state index is 0.0282. The Labute approximate surface area is 129 Å². The minimum Gasteiger partial charge on any atom is -0.491 e. The summed E-state index contributed by atoms with van der Waals surface area (Å²) in [6, 6.07) is 10.9. The lowest BCUT2D eigenvalue weighted by Crippen LogP contribution is -2.11. The molecule has 0 spiro atoms. The van der Waals surface area contributed by atoms with Crippen LogP contribution in [-0.2, 0) is 20.9 Å². The van der Waals surface area contributed by atoms with E-state index in [1.807, 2.05) is 18.2 Å². The summed E-state index contributed by atoms with van der Waals surface area (Å²) >= 11 is 0. The van der Waals surface area contributed by atoms with Gasteiger partial charge in [-0.05, 0) is 18.2 Å². The Kier molecular flexibility index (Phi) is 5.74. The van der Waals surface area contributed by atoms with Crippen LogP contribution in [0.5, 0.6) is 11.5 Å². The summed E-state index contributed by atoms with van der Waals surface area (Å²) in [6.07, 6.45) is 4.44. The molecule has 1 aromatic heterocycles. The average molecular weight is 323 g/mol. The van der Waals surface area contributed by atoms with Crippen LogP contribution in [0.15, 0.2) is 48.8 Å². The molecule has 0 aliphatic rings. The summed E-state index contributed by atoms with van der Waals surface area (Å²) in [5.74, 6) is 1.24. The quantitative estimate of drug-likeness (QED) is 0.546. The Morgan fingerprint density at radius 3 is 2.50 bits per heavy atom. The predicted octanol–water partition coefficient (Wildman–Crippen LogP) is 2.02. The molecule has 6 nitrogen and oxygen atoms in total. The Balaban J connectivity index is 1.82. The van der Waals surface area contributed by atoms with E-state index in [1.54, 1.807) is 30.6 Å². The SMILES string of the molecule is CS(=O)(=O)OCCOc1cccc(OCc2cccnc2)c1. The van der Waals surface area contributed by atoms with Crippen LogP contribution in [0, 0.1) is 0 Å². The monoisotopic (exact) mass is 323 g/mol. The number of benzene rings is 1. The number of hydrogen-bond donors (Lipinski definition) is 0. The van der Waals surface area contributed by atoms with Crippen LogP contribution < -0.4 is 9.47 Å². The van der Waals surface area contributed by atoms with Crippen LogP contribution >= 0.6 is 0 Å². The van der Waals surface area contributed by atoms with Crippen LogP contribution in [0.2, 0.25) is 0 Å². The van der Waals surface area contributed by atoms with Crippen LogP contribution in [-0.4, -0.2) is 32.9 Å². The second-order valence-corrected chi connectivity index (χ2v) is 6.14. The van der Waals surface area contributed by atoms with Crippen molar-refractivity contribution in [1.82, 2.24) is 4.98 Å². The van der Waals surface area contributed by atoms with E-state index in [1.165, 1.54) is 0 Å². The summed E-state index contributed by atoms with van der Waals surface area (Å²) in [7, 11) is -3.44. The van der Waals surface area contributed by atoms with Crippen molar-refractivity contribution in [1.29, 1.82) is 0 Å². The van der Waals surface area contributed by atoms with E-state index in [9.17, 15) is 8.42 Å². The van der Waals surface area contributed by atoms with Gasteiger partial charge in [0, 0.05) is 24.0 Å². The van der Waals surface area contributed by atoms with E-state index in [0.29, 0.717) is 18.1 Å². The highest BCUT2D eigenvalue weighted by atomic mass is 32.2. The van der Waals surface area contributed by atoms with E-state index in [2.05, 4.69) is 9.17 Å². The summed E-state index contributed by atoms with van der Waals surface area (Å²) in [5.41, 5.74) is 0.968. The van der Waals surface area contributed by atoms with Gasteiger partial charge in [0.1, 0.15) is 31.3 Å². The summed E-state index contributed by atoms with van der Waals surface area (Å²) in [4.78, 5) is 4.02. The van der Waals surface area contributed by atoms with Gasteiger partial charge >= 0.3 is 0 Å². The van der Waals surface area contributed by atoms with Crippen molar-refractivity contribution in [3.63, 3.8) is 0 Å². The molecule has 0 aliphatic carbocycles. The first-order valence-electron chi connectivity index (χ1n) is 6.62. The smallest absolute Gasteiger partial charge is 0.264 e. The van der Waals surface area contributed by atoms with Gasteiger partial charge in [-0.25, -0.2) is 0 Å². The van der Waals surface area contributed by atoms with E-state index in [4.69, 9.17) is 9.47 Å². The molecule has 0 amide bonds. The van der Waals surface area contributed by atoms with Gasteiger partial charge in [0.15, 0.2) is 0 Å². The lowest BCUT2D eigenvalue weighted by atomic mass is 10.3. The summed E-state index contributed by atoms with van der Waals surface area (Å²) in [6.45, 7) is 0.521. The molecule has 0 unspecified atom stereocenters. The molecule has 118 valence electrons. The number of rotatable bonds is 8. The van der Waals surface area contributed by atoms with Crippen LogP contribution in [0.25, 0.3) is 0 Å². The van der Waals surface area contributed by atoms with Crippen LogP contribution in [0.3, 0.4) is 0 Å². The zero-order valence-corrected chi connectivity index (χ0v) is 13.0. The molecule has 0 aliphatic heterocycles. The molecule has 0 atom stereocenters. The molecule has 1 heterocycles. The number of hydrogen-bond acceptors (Lipinski definition) is 6. The Hall–Kier alpha value is -2.12. The van der Waals surface area contributed by atoms with Crippen molar-refractivity contribution in [2.75, 3.05) is 19.5 Å². The van der Waals surface area contributed by atoms with E-state index in [-0.39, 0.29) is 13.2 Å². The van der Waals surface area contributed by atoms with Crippen molar-refractivity contribution in [2.45, 2.75) is 6.61 Å². The second kappa shape index (κ2) is 7.77. The third-order valence-corrected chi connectivity index (χ3v) is 3.18. The first kappa shape index (κ1) is 16.3. The number of nitrogens with zero attached hydrogens (tertiary/aromatic N) is 1. The van der Waals surface area contributed by atoms with Gasteiger partial charge in [-0.3, -0.25) is 9.17 Å². The maximum absolute atomic E-state index is 10.8. The van der Waals surface area contributed by atoms with Crippen LogP contribution in [0.4, 0.5) is 0 Å². The third-order valence-electron chi connectivity index (χ3n) is 2.58. The third kappa shape index (κ3) is 6.11. The number of pyridine rings is 1. The van der Waals surface area contributed by atoms with Crippen molar-refractivity contribution in [3.8, 4) is 11.5 Å². The Morgan fingerprint density at radius 1 is 1.05 bits per heavy atom. The Bertz CT molecular complexity index is 688. The van der Waals surface area contributed by atoms with Gasteiger partial charge in [0.25, 0.3) is 10.1 Å². The zero-order valence-electron chi connectivity index (χ0n) is 12.1. The average Bonchev–Trinajstić information content (AvgIpc) is 2.50. The highest BCUT2D eigenvalue weighted by Crippen LogP contribution is 2.20. The summed E-state index contributed by atoms with van der Waals surface area (Å²) in [5, 5.41) is 0. The predicted molar refractivity (Wildman–Crippen MR) is 81.3 cm³/mol. The molecule has 0 radical (unpaired) electrons. The van der Waals surface area contributed by atoms with Gasteiger partial charge in [0.05, 0.1) is 6.26 Å². The minimum atomic E-state index is -3.44. The Morgan fingerprint density at radius 2 is 1.82 bits per heavy atom. The fourth-order valence-electron chi connectivity index (χ4n) is 1.65. The van der Waals surface area contributed by atoms with Gasteiger partial charge in [-0.2, -0.15) is 8.42 Å². The first-order chi connectivity index (χ1) is 10.5. The first-order valence-corrected chi connectivity index (χ1v) is 8.43. The van der Waals surface area contributed by atoms with Gasteiger partial charge in [0.2, 0.25) is 0 Å². The van der Waals surface area contributed by atoms with Crippen LogP contribution in [0.1, 0.15) is 5.56 Å². The largest absolute Gasteiger partial charge is 0.491 e. The molecule has 2 aromatic rings. The zero-order chi connectivity index (χ0) is 15.8. The van der Waals surface area contributed by atoms with E-state index in [0.717, 1.165) is 11.8 Å². The van der Waals surface area contributed by atoms with Crippen molar-refractivity contribution in [2.24, 2.45) is 0 Å². The van der Waals surface area contributed by atoms with Crippen molar-refractivity contribution < 1.29 is 22.1 Å². The standard InChI is InChI=1S/C15H17NO5S/c1-22(17,18)21-9-8-19-14-5-2-6-15(10-14)20-12-13-4-3-7-16-11-13/h2-7,10-11H,8-9,12H2,1H3. The molecule has 0 fully saturated rings. The highest BCUT2D eigenvalue weighted by molar-refractivity contribution is 7.85. The molecule has 0 saturated heterocycles. The van der Waals surface area contributed by atoms with Gasteiger partial charge in [-0.15, -0.1) is 0 Å². The maximum atomic E-state index is 10.8. The molecule has 0 bridgehead atoms. The molecule has 0 N–H and O–H groups in total. The summed E-state index contributed by atoms with van der Waals surface area (Å²) < 4.78 is 37.3.